The average Bonchev–Trinajstić information content (AvgIpc) is 3.18. The van der Waals surface area contributed by atoms with Gasteiger partial charge in [-0.05, 0) is 54.0 Å². The Morgan fingerprint density at radius 3 is 2.61 bits per heavy atom. The number of ether oxygens (including phenoxy) is 1. The third kappa shape index (κ3) is 3.11. The quantitative estimate of drug-likeness (QED) is 0.509. The van der Waals surface area contributed by atoms with Gasteiger partial charge in [0.15, 0.2) is 0 Å². The van der Waals surface area contributed by atoms with Crippen LogP contribution in [-0.4, -0.2) is 18.1 Å². The number of H-pyrrole nitrogens is 1. The molecule has 0 fully saturated rings. The number of pyridine rings is 1. The number of nitrogens with one attached hydrogen (secondary N) is 1. The zero-order chi connectivity index (χ0) is 19.8. The van der Waals surface area contributed by atoms with Crippen molar-refractivity contribution in [2.24, 2.45) is 5.73 Å². The van der Waals surface area contributed by atoms with E-state index >= 15 is 0 Å². The van der Waals surface area contributed by atoms with E-state index in [1.54, 1.807) is 7.11 Å². The lowest BCUT2D eigenvalue weighted by Gasteiger charge is -2.17. The van der Waals surface area contributed by atoms with E-state index in [1.165, 1.54) is 16.9 Å². The molecule has 144 valence electrons. The number of aromatic amines is 1. The maximum absolute atomic E-state index is 12.6. The molecule has 0 aliphatic rings. The van der Waals surface area contributed by atoms with Crippen molar-refractivity contribution in [3.63, 3.8) is 0 Å². The van der Waals surface area contributed by atoms with E-state index in [1.807, 2.05) is 24.4 Å². The van der Waals surface area contributed by atoms with E-state index < -0.39 is 0 Å². The highest BCUT2D eigenvalue weighted by Crippen LogP contribution is 2.42. The minimum Gasteiger partial charge on any atom is -0.496 e. The van der Waals surface area contributed by atoms with E-state index in [0.717, 1.165) is 56.3 Å². The Balaban J connectivity index is 2.07. The van der Waals surface area contributed by atoms with Gasteiger partial charge in [-0.15, -0.1) is 11.3 Å². The van der Waals surface area contributed by atoms with E-state index in [4.69, 9.17) is 10.5 Å². The number of benzene rings is 2. The number of nitrogens with two attached hydrogens (primary N) is 1. The molecule has 5 heteroatoms. The fourth-order valence-corrected chi connectivity index (χ4v) is 4.68. The third-order valence-corrected chi connectivity index (χ3v) is 6.07. The number of hydrogen-bond donors (Lipinski definition) is 2. The summed E-state index contributed by atoms with van der Waals surface area (Å²) in [5.74, 6) is 0.823. The van der Waals surface area contributed by atoms with Crippen LogP contribution in [0.25, 0.3) is 32.1 Å². The number of hydrogen-bond acceptors (Lipinski definition) is 4. The number of aryl methyl sites for hydroxylation is 1. The number of aromatic nitrogens is 1. The molecule has 4 aromatic rings. The maximum Gasteiger partial charge on any atom is 0.266 e. The summed E-state index contributed by atoms with van der Waals surface area (Å²) in [7, 11) is 1.70. The molecule has 0 aliphatic heterocycles. The summed E-state index contributed by atoms with van der Waals surface area (Å²) in [6.07, 6.45) is 1.65. The molecule has 0 unspecified atom stereocenters. The first-order chi connectivity index (χ1) is 13.5. The monoisotopic (exact) mass is 392 g/mol. The molecule has 3 N–H and O–H groups in total. The zero-order valence-corrected chi connectivity index (χ0v) is 17.2. The second kappa shape index (κ2) is 7.41. The molecular weight excluding hydrogens is 368 g/mol. The Morgan fingerprint density at radius 1 is 1.21 bits per heavy atom. The molecule has 2 aromatic heterocycles. The topological polar surface area (TPSA) is 68.1 Å². The molecule has 4 rings (SSSR count). The van der Waals surface area contributed by atoms with E-state index in [9.17, 15) is 4.79 Å². The van der Waals surface area contributed by atoms with Gasteiger partial charge in [-0.3, -0.25) is 4.79 Å². The van der Waals surface area contributed by atoms with Crippen molar-refractivity contribution in [2.45, 2.75) is 32.7 Å². The molecule has 4 nitrogen and oxygen atoms in total. The highest BCUT2D eigenvalue weighted by molar-refractivity contribution is 7.17. The van der Waals surface area contributed by atoms with Crippen molar-refractivity contribution in [2.75, 3.05) is 7.11 Å². The zero-order valence-electron chi connectivity index (χ0n) is 16.3. The molecule has 0 amide bonds. The van der Waals surface area contributed by atoms with Crippen LogP contribution in [0, 0.1) is 0 Å². The molecule has 0 aliphatic carbocycles. The predicted molar refractivity (Wildman–Crippen MR) is 119 cm³/mol. The van der Waals surface area contributed by atoms with Gasteiger partial charge in [-0.1, -0.05) is 31.2 Å². The van der Waals surface area contributed by atoms with Gasteiger partial charge in [0.1, 0.15) is 10.4 Å². The highest BCUT2D eigenvalue weighted by atomic mass is 32.1. The van der Waals surface area contributed by atoms with Crippen LogP contribution in [0.2, 0.25) is 0 Å². The van der Waals surface area contributed by atoms with Gasteiger partial charge in [0.2, 0.25) is 0 Å². The minimum atomic E-state index is -0.0319. The standard InChI is InChI=1S/C23H24N2O2S/c1-4-15-12-18(27-3)19(16-7-5-14(6-8-16)11-13(2)24)20-17-9-10-28-22(17)23(26)25-21(15)20/h5-10,12-13H,4,11,24H2,1-3H3,(H,25,26)/t13-/m0/s1. The van der Waals surface area contributed by atoms with Crippen LogP contribution in [0.15, 0.2) is 46.6 Å². The smallest absolute Gasteiger partial charge is 0.266 e. The third-order valence-electron chi connectivity index (χ3n) is 5.15. The van der Waals surface area contributed by atoms with Crippen LogP contribution in [0.3, 0.4) is 0 Å². The second-order valence-corrected chi connectivity index (χ2v) is 8.13. The van der Waals surface area contributed by atoms with Gasteiger partial charge in [0.25, 0.3) is 5.56 Å². The SMILES string of the molecule is CCc1cc(OC)c(-c2ccc(C[C@H](C)N)cc2)c2c1[nH]c(=O)c1sccc12. The van der Waals surface area contributed by atoms with Gasteiger partial charge in [-0.25, -0.2) is 0 Å². The lowest BCUT2D eigenvalue weighted by atomic mass is 9.93. The molecule has 0 radical (unpaired) electrons. The van der Waals surface area contributed by atoms with Crippen molar-refractivity contribution in [3.8, 4) is 16.9 Å². The second-order valence-electron chi connectivity index (χ2n) is 7.21. The Morgan fingerprint density at radius 2 is 1.96 bits per heavy atom. The number of rotatable bonds is 5. The van der Waals surface area contributed by atoms with Crippen molar-refractivity contribution < 1.29 is 4.74 Å². The lowest BCUT2D eigenvalue weighted by Crippen LogP contribution is -2.17. The van der Waals surface area contributed by atoms with Gasteiger partial charge in [0.05, 0.1) is 12.6 Å². The van der Waals surface area contributed by atoms with Crippen molar-refractivity contribution in [3.05, 3.63) is 63.3 Å². The summed E-state index contributed by atoms with van der Waals surface area (Å²) in [5, 5.41) is 4.00. The first-order valence-electron chi connectivity index (χ1n) is 9.51. The van der Waals surface area contributed by atoms with Crippen molar-refractivity contribution in [1.82, 2.24) is 4.98 Å². The molecule has 0 bridgehead atoms. The number of fused-ring (bicyclic) bond motifs is 3. The highest BCUT2D eigenvalue weighted by Gasteiger charge is 2.19. The van der Waals surface area contributed by atoms with Gasteiger partial charge in [-0.2, -0.15) is 0 Å². The fraction of sp³-hybridized carbons (Fsp3) is 0.261. The molecule has 1 atom stereocenters. The summed E-state index contributed by atoms with van der Waals surface area (Å²) in [5.41, 5.74) is 11.2. The van der Waals surface area contributed by atoms with Crippen LogP contribution in [-0.2, 0) is 12.8 Å². The van der Waals surface area contributed by atoms with Crippen molar-refractivity contribution in [1.29, 1.82) is 0 Å². The largest absolute Gasteiger partial charge is 0.496 e. The van der Waals surface area contributed by atoms with Crippen molar-refractivity contribution >= 4 is 32.3 Å². The van der Waals surface area contributed by atoms with Gasteiger partial charge in [0, 0.05) is 22.4 Å². The summed E-state index contributed by atoms with van der Waals surface area (Å²) in [6.45, 7) is 4.10. The predicted octanol–water partition coefficient (Wildman–Crippen LogP) is 4.87. The molecule has 0 saturated carbocycles. The first-order valence-corrected chi connectivity index (χ1v) is 10.4. The van der Waals surface area contributed by atoms with E-state index in [2.05, 4.69) is 36.2 Å². The molecule has 0 saturated heterocycles. The molecule has 2 heterocycles. The first kappa shape index (κ1) is 18.7. The van der Waals surface area contributed by atoms with Gasteiger partial charge >= 0.3 is 0 Å². The lowest BCUT2D eigenvalue weighted by molar-refractivity contribution is 0.416. The van der Waals surface area contributed by atoms with Gasteiger partial charge < -0.3 is 15.5 Å². The summed E-state index contributed by atoms with van der Waals surface area (Å²) in [6, 6.07) is 12.7. The Bertz CT molecular complexity index is 1200. The van der Waals surface area contributed by atoms with Crippen LogP contribution in [0.4, 0.5) is 0 Å². The van der Waals surface area contributed by atoms with Crippen LogP contribution < -0.4 is 16.0 Å². The van der Waals surface area contributed by atoms with Crippen LogP contribution >= 0.6 is 11.3 Å². The Labute approximate surface area is 168 Å². The van der Waals surface area contributed by atoms with E-state index in [-0.39, 0.29) is 11.6 Å². The summed E-state index contributed by atoms with van der Waals surface area (Å²) >= 11 is 1.47. The summed E-state index contributed by atoms with van der Waals surface area (Å²) < 4.78 is 6.54. The molecular formula is C23H24N2O2S. The van der Waals surface area contributed by atoms with Crippen LogP contribution in [0.1, 0.15) is 25.0 Å². The normalized spacial score (nSPS) is 12.6. The Kier molecular flexibility index (Phi) is 4.96. The number of thiophene rings is 1. The van der Waals surface area contributed by atoms with E-state index in [0.29, 0.717) is 0 Å². The Hall–Kier alpha value is -2.63. The summed E-state index contributed by atoms with van der Waals surface area (Å²) in [4.78, 5) is 15.7. The fourth-order valence-electron chi connectivity index (χ4n) is 3.88. The molecule has 2 aromatic carbocycles. The minimum absolute atomic E-state index is 0.0319. The van der Waals surface area contributed by atoms with Crippen LogP contribution in [0.5, 0.6) is 5.75 Å². The average molecular weight is 393 g/mol. The molecule has 28 heavy (non-hydrogen) atoms. The number of methoxy groups -OCH3 is 1. The molecule has 0 spiro atoms. The maximum atomic E-state index is 12.6.